The summed E-state index contributed by atoms with van der Waals surface area (Å²) in [4.78, 5) is 10.9. The van der Waals surface area contributed by atoms with E-state index in [1.165, 1.54) is 0 Å². The van der Waals surface area contributed by atoms with Gasteiger partial charge in [0.25, 0.3) is 0 Å². The second-order valence-electron chi connectivity index (χ2n) is 3.01. The molecule has 1 aromatic rings. The van der Waals surface area contributed by atoms with E-state index in [-0.39, 0.29) is 0 Å². The van der Waals surface area contributed by atoms with Crippen molar-refractivity contribution in [2.45, 2.75) is 13.1 Å². The molecule has 0 radical (unpaired) electrons. The van der Waals surface area contributed by atoms with E-state index in [4.69, 9.17) is 5.73 Å². The number of ketones is 1. The van der Waals surface area contributed by atoms with Gasteiger partial charge in [0.15, 0.2) is 5.78 Å². The van der Waals surface area contributed by atoms with E-state index >= 15 is 0 Å². The molecular formula is C9H8F3NO2. The van der Waals surface area contributed by atoms with Crippen molar-refractivity contribution in [1.29, 1.82) is 0 Å². The van der Waals surface area contributed by atoms with Gasteiger partial charge in [-0.05, 0) is 13.0 Å². The number of phenolic OH excluding ortho intramolecular Hbond substituents is 1. The molecule has 0 aliphatic rings. The monoisotopic (exact) mass is 219 g/mol. The van der Waals surface area contributed by atoms with Gasteiger partial charge in [-0.3, -0.25) is 4.79 Å². The van der Waals surface area contributed by atoms with Crippen molar-refractivity contribution in [2.24, 2.45) is 0 Å². The molecule has 0 aliphatic carbocycles. The third kappa shape index (κ3) is 2.20. The number of phenols is 1. The fraction of sp³-hybridized carbons (Fsp3) is 0.222. The minimum absolute atomic E-state index is 0.392. The summed E-state index contributed by atoms with van der Waals surface area (Å²) in [6, 6.07) is 1.27. The number of hydrogen-bond acceptors (Lipinski definition) is 3. The quantitative estimate of drug-likeness (QED) is 0.562. The average molecular weight is 219 g/mol. The molecule has 1 rings (SSSR count). The van der Waals surface area contributed by atoms with Gasteiger partial charge < -0.3 is 10.8 Å². The predicted molar refractivity (Wildman–Crippen MR) is 47.5 cm³/mol. The Morgan fingerprint density at radius 3 is 2.33 bits per heavy atom. The van der Waals surface area contributed by atoms with Crippen LogP contribution in [0.15, 0.2) is 12.1 Å². The lowest BCUT2D eigenvalue weighted by Gasteiger charge is -2.11. The highest BCUT2D eigenvalue weighted by molar-refractivity contribution is 5.97. The number of nitrogen functional groups attached to an aromatic ring is 1. The van der Waals surface area contributed by atoms with Crippen LogP contribution in [0.1, 0.15) is 22.8 Å². The van der Waals surface area contributed by atoms with Crippen LogP contribution >= 0.6 is 0 Å². The zero-order valence-electron chi connectivity index (χ0n) is 7.72. The van der Waals surface area contributed by atoms with Gasteiger partial charge >= 0.3 is 6.18 Å². The van der Waals surface area contributed by atoms with Gasteiger partial charge in [0.2, 0.25) is 0 Å². The fourth-order valence-corrected chi connectivity index (χ4v) is 1.13. The van der Waals surface area contributed by atoms with Crippen LogP contribution in [-0.2, 0) is 6.18 Å². The molecular weight excluding hydrogens is 211 g/mol. The summed E-state index contributed by atoms with van der Waals surface area (Å²) in [5.74, 6) is -1.20. The van der Waals surface area contributed by atoms with E-state index in [1.807, 2.05) is 0 Å². The third-order valence-electron chi connectivity index (χ3n) is 1.85. The highest BCUT2D eigenvalue weighted by Crippen LogP contribution is 2.36. The minimum atomic E-state index is -4.64. The molecule has 0 heterocycles. The Labute approximate surface area is 83.3 Å². The van der Waals surface area contributed by atoms with Crippen molar-refractivity contribution in [2.75, 3.05) is 5.73 Å². The van der Waals surface area contributed by atoms with E-state index in [0.717, 1.165) is 13.0 Å². The summed E-state index contributed by atoms with van der Waals surface area (Å²) in [6.45, 7) is 1.06. The largest absolute Gasteiger partial charge is 0.507 e. The van der Waals surface area contributed by atoms with Gasteiger partial charge in [0.05, 0.1) is 11.1 Å². The molecule has 0 unspecified atom stereocenters. The number of carbonyl (C=O) groups is 1. The first-order valence-electron chi connectivity index (χ1n) is 3.94. The number of rotatable bonds is 1. The summed E-state index contributed by atoms with van der Waals surface area (Å²) >= 11 is 0. The molecule has 0 atom stereocenters. The number of nitrogens with two attached hydrogens (primary N) is 1. The van der Waals surface area contributed by atoms with E-state index in [0.29, 0.717) is 6.07 Å². The molecule has 0 aromatic heterocycles. The molecule has 1 aromatic carbocycles. The summed E-state index contributed by atoms with van der Waals surface area (Å²) in [7, 11) is 0. The lowest BCUT2D eigenvalue weighted by atomic mass is 10.0. The SMILES string of the molecule is CC(=O)c1cc(C(F)(F)F)c(N)cc1O. The predicted octanol–water partition coefficient (Wildman–Crippen LogP) is 2.20. The number of benzene rings is 1. The molecule has 0 aliphatic heterocycles. The fourth-order valence-electron chi connectivity index (χ4n) is 1.13. The number of hydrogen-bond donors (Lipinski definition) is 2. The van der Waals surface area contributed by atoms with E-state index in [9.17, 15) is 23.1 Å². The molecule has 3 N–H and O–H groups in total. The maximum atomic E-state index is 12.4. The van der Waals surface area contributed by atoms with Gasteiger partial charge in [0.1, 0.15) is 5.75 Å². The van der Waals surface area contributed by atoms with Gasteiger partial charge in [-0.1, -0.05) is 0 Å². The average Bonchev–Trinajstić information content (AvgIpc) is 2.00. The van der Waals surface area contributed by atoms with E-state index in [1.54, 1.807) is 0 Å². The Kier molecular flexibility index (Phi) is 2.61. The molecule has 0 saturated heterocycles. The van der Waals surface area contributed by atoms with Crippen LogP contribution in [0.2, 0.25) is 0 Å². The normalized spacial score (nSPS) is 11.5. The van der Waals surface area contributed by atoms with Crippen molar-refractivity contribution < 1.29 is 23.1 Å². The van der Waals surface area contributed by atoms with Crippen molar-refractivity contribution in [1.82, 2.24) is 0 Å². The first-order valence-corrected chi connectivity index (χ1v) is 3.94. The van der Waals surface area contributed by atoms with Gasteiger partial charge in [-0.2, -0.15) is 13.2 Å². The standard InChI is InChI=1S/C9H8F3NO2/c1-4(14)5-2-6(9(10,11)12)7(13)3-8(5)15/h2-3,15H,13H2,1H3. The minimum Gasteiger partial charge on any atom is -0.507 e. The van der Waals surface area contributed by atoms with E-state index in [2.05, 4.69) is 0 Å². The Bertz CT molecular complexity index is 413. The topological polar surface area (TPSA) is 63.3 Å². The molecule has 6 heteroatoms. The zero-order valence-corrected chi connectivity index (χ0v) is 7.72. The van der Waals surface area contributed by atoms with Gasteiger partial charge in [0, 0.05) is 11.8 Å². The Morgan fingerprint density at radius 1 is 1.40 bits per heavy atom. The van der Waals surface area contributed by atoms with E-state index < -0.39 is 34.5 Å². The highest BCUT2D eigenvalue weighted by Gasteiger charge is 2.34. The first-order chi connectivity index (χ1) is 6.73. The Morgan fingerprint density at radius 2 is 1.93 bits per heavy atom. The van der Waals surface area contributed by atoms with Crippen molar-refractivity contribution in [3.8, 4) is 5.75 Å². The maximum absolute atomic E-state index is 12.4. The molecule has 0 amide bonds. The molecule has 15 heavy (non-hydrogen) atoms. The second-order valence-corrected chi connectivity index (χ2v) is 3.01. The summed E-state index contributed by atoms with van der Waals surface area (Å²) in [6.07, 6.45) is -4.64. The second kappa shape index (κ2) is 3.45. The van der Waals surface area contributed by atoms with Crippen LogP contribution in [0.3, 0.4) is 0 Å². The highest BCUT2D eigenvalue weighted by atomic mass is 19.4. The zero-order chi connectivity index (χ0) is 11.8. The number of halogens is 3. The first kappa shape index (κ1) is 11.4. The van der Waals surface area contributed by atoms with Crippen LogP contribution in [0.5, 0.6) is 5.75 Å². The van der Waals surface area contributed by atoms with Crippen LogP contribution in [-0.4, -0.2) is 10.9 Å². The summed E-state index contributed by atoms with van der Waals surface area (Å²) in [5.41, 5.74) is 2.97. The Balaban J connectivity index is 3.43. The molecule has 0 saturated carbocycles. The summed E-state index contributed by atoms with van der Waals surface area (Å²) < 4.78 is 37.1. The molecule has 3 nitrogen and oxygen atoms in total. The van der Waals surface area contributed by atoms with Crippen molar-refractivity contribution >= 4 is 11.5 Å². The molecule has 0 fully saturated rings. The van der Waals surface area contributed by atoms with Crippen molar-refractivity contribution in [3.63, 3.8) is 0 Å². The number of Topliss-reactive ketones (excluding diaryl/α,β-unsaturated/α-hetero) is 1. The lowest BCUT2D eigenvalue weighted by molar-refractivity contribution is -0.136. The molecule has 82 valence electrons. The smallest absolute Gasteiger partial charge is 0.418 e. The van der Waals surface area contributed by atoms with Crippen LogP contribution in [0.25, 0.3) is 0 Å². The van der Waals surface area contributed by atoms with Crippen LogP contribution in [0.4, 0.5) is 18.9 Å². The van der Waals surface area contributed by atoms with Crippen LogP contribution in [0, 0.1) is 0 Å². The molecule has 0 bridgehead atoms. The third-order valence-corrected chi connectivity index (χ3v) is 1.85. The Hall–Kier alpha value is -1.72. The number of aromatic hydroxyl groups is 1. The van der Waals surface area contributed by atoms with Crippen molar-refractivity contribution in [3.05, 3.63) is 23.3 Å². The lowest BCUT2D eigenvalue weighted by Crippen LogP contribution is -2.10. The van der Waals surface area contributed by atoms with Gasteiger partial charge in [-0.15, -0.1) is 0 Å². The number of alkyl halides is 3. The summed E-state index contributed by atoms with van der Waals surface area (Å²) in [5, 5.41) is 9.18. The number of anilines is 1. The van der Waals surface area contributed by atoms with Crippen LogP contribution < -0.4 is 5.73 Å². The number of carbonyl (C=O) groups excluding carboxylic acids is 1. The maximum Gasteiger partial charge on any atom is 0.418 e. The van der Waals surface area contributed by atoms with Gasteiger partial charge in [-0.25, -0.2) is 0 Å². The molecule has 0 spiro atoms.